The Bertz CT molecular complexity index is 610. The lowest BCUT2D eigenvalue weighted by atomic mass is 10.3. The Morgan fingerprint density at radius 2 is 2.15 bits per heavy atom. The van der Waals surface area contributed by atoms with E-state index < -0.39 is 5.82 Å². The smallest absolute Gasteiger partial charge is 0.199 e. The van der Waals surface area contributed by atoms with Crippen molar-refractivity contribution in [1.29, 1.82) is 0 Å². The van der Waals surface area contributed by atoms with Crippen LogP contribution in [0.5, 0.6) is 11.5 Å². The summed E-state index contributed by atoms with van der Waals surface area (Å²) >= 11 is 5.88. The summed E-state index contributed by atoms with van der Waals surface area (Å²) in [7, 11) is 1.45. The van der Waals surface area contributed by atoms with Crippen LogP contribution in [0.4, 0.5) is 15.9 Å². The van der Waals surface area contributed by atoms with Crippen LogP contribution >= 0.6 is 11.6 Å². The number of benzene rings is 1. The van der Waals surface area contributed by atoms with Crippen molar-refractivity contribution in [2.75, 3.05) is 19.0 Å². The molecule has 106 valence electrons. The van der Waals surface area contributed by atoms with Crippen LogP contribution in [0.2, 0.25) is 5.15 Å². The van der Waals surface area contributed by atoms with Gasteiger partial charge in [0, 0.05) is 11.8 Å². The molecule has 0 radical (unpaired) electrons. The summed E-state index contributed by atoms with van der Waals surface area (Å²) < 4.78 is 24.0. The highest BCUT2D eigenvalue weighted by molar-refractivity contribution is 6.31. The first kappa shape index (κ1) is 14.3. The maximum atomic E-state index is 13.7. The fraction of sp³-hybridized carbons (Fsp3) is 0.231. The van der Waals surface area contributed by atoms with E-state index in [1.54, 1.807) is 13.0 Å². The van der Waals surface area contributed by atoms with E-state index >= 15 is 0 Å². The van der Waals surface area contributed by atoms with E-state index in [2.05, 4.69) is 15.3 Å². The average Bonchev–Trinajstić information content (AvgIpc) is 2.42. The first-order valence-electron chi connectivity index (χ1n) is 5.89. The van der Waals surface area contributed by atoms with Gasteiger partial charge in [-0.25, -0.2) is 14.4 Å². The number of rotatable bonds is 5. The van der Waals surface area contributed by atoms with Gasteiger partial charge in [0.25, 0.3) is 0 Å². The molecule has 5 nitrogen and oxygen atoms in total. The van der Waals surface area contributed by atoms with Gasteiger partial charge in [0.15, 0.2) is 28.3 Å². The molecule has 0 aliphatic heterocycles. The molecule has 2 rings (SSSR count). The zero-order valence-electron chi connectivity index (χ0n) is 11.0. The van der Waals surface area contributed by atoms with Crippen molar-refractivity contribution in [3.63, 3.8) is 0 Å². The van der Waals surface area contributed by atoms with Crippen molar-refractivity contribution in [2.24, 2.45) is 0 Å². The number of methoxy groups -OCH3 is 1. The Balaban J connectivity index is 2.26. The topological polar surface area (TPSA) is 56.3 Å². The van der Waals surface area contributed by atoms with Crippen molar-refractivity contribution in [3.05, 3.63) is 35.5 Å². The highest BCUT2D eigenvalue weighted by Crippen LogP contribution is 2.31. The van der Waals surface area contributed by atoms with Gasteiger partial charge in [0.05, 0.1) is 13.7 Å². The van der Waals surface area contributed by atoms with Crippen LogP contribution < -0.4 is 14.8 Å². The van der Waals surface area contributed by atoms with Crippen LogP contribution in [0.15, 0.2) is 24.5 Å². The lowest BCUT2D eigenvalue weighted by Crippen LogP contribution is -2.00. The Labute approximate surface area is 120 Å². The van der Waals surface area contributed by atoms with Crippen LogP contribution in [-0.4, -0.2) is 23.7 Å². The predicted octanol–water partition coefficient (Wildman–Crippen LogP) is 3.42. The monoisotopic (exact) mass is 297 g/mol. The first-order chi connectivity index (χ1) is 9.65. The van der Waals surface area contributed by atoms with Crippen molar-refractivity contribution < 1.29 is 13.9 Å². The first-order valence-corrected chi connectivity index (χ1v) is 6.27. The number of ether oxygens (including phenoxy) is 2. The SMILES string of the molecule is CCOc1ccc(Nc2ncnc(Cl)c2OC)cc1F. The number of nitrogens with one attached hydrogen (secondary N) is 1. The quantitative estimate of drug-likeness (QED) is 0.857. The third-order valence-electron chi connectivity index (χ3n) is 2.46. The molecule has 0 saturated carbocycles. The second-order valence-electron chi connectivity index (χ2n) is 3.75. The van der Waals surface area contributed by atoms with Gasteiger partial charge in [-0.05, 0) is 19.1 Å². The van der Waals surface area contributed by atoms with Crippen molar-refractivity contribution in [3.8, 4) is 11.5 Å². The van der Waals surface area contributed by atoms with Crippen LogP contribution in [0, 0.1) is 5.82 Å². The summed E-state index contributed by atoms with van der Waals surface area (Å²) in [5.41, 5.74) is 0.499. The largest absolute Gasteiger partial charge is 0.491 e. The lowest BCUT2D eigenvalue weighted by molar-refractivity contribution is 0.321. The van der Waals surface area contributed by atoms with E-state index in [4.69, 9.17) is 21.1 Å². The molecule has 1 aromatic carbocycles. The van der Waals surface area contributed by atoms with E-state index in [-0.39, 0.29) is 10.9 Å². The molecular weight excluding hydrogens is 285 g/mol. The summed E-state index contributed by atoms with van der Waals surface area (Å²) in [5, 5.41) is 3.10. The van der Waals surface area contributed by atoms with Crippen LogP contribution in [0.25, 0.3) is 0 Å². The zero-order chi connectivity index (χ0) is 14.5. The highest BCUT2D eigenvalue weighted by Gasteiger charge is 2.11. The number of halogens is 2. The maximum Gasteiger partial charge on any atom is 0.199 e. The minimum atomic E-state index is -0.462. The zero-order valence-corrected chi connectivity index (χ0v) is 11.7. The number of aromatic nitrogens is 2. The second kappa shape index (κ2) is 6.38. The Kier molecular flexibility index (Phi) is 4.57. The van der Waals surface area contributed by atoms with Gasteiger partial charge in [-0.2, -0.15) is 0 Å². The van der Waals surface area contributed by atoms with Crippen molar-refractivity contribution in [2.45, 2.75) is 6.92 Å². The third kappa shape index (κ3) is 3.08. The molecular formula is C13H13ClFN3O2. The molecule has 0 atom stereocenters. The molecule has 0 bridgehead atoms. The maximum absolute atomic E-state index is 13.7. The van der Waals surface area contributed by atoms with E-state index in [0.29, 0.717) is 23.9 Å². The van der Waals surface area contributed by atoms with E-state index in [0.717, 1.165) is 0 Å². The van der Waals surface area contributed by atoms with Crippen molar-refractivity contribution >= 4 is 23.1 Å². The molecule has 7 heteroatoms. The predicted molar refractivity (Wildman–Crippen MR) is 74.4 cm³/mol. The molecule has 1 heterocycles. The van der Waals surface area contributed by atoms with Gasteiger partial charge in [0.1, 0.15) is 6.33 Å². The molecule has 0 aliphatic carbocycles. The average molecular weight is 298 g/mol. The molecule has 1 N–H and O–H groups in total. The summed E-state index contributed by atoms with van der Waals surface area (Å²) in [5.74, 6) is 0.390. The van der Waals surface area contributed by atoms with E-state index in [1.807, 2.05) is 0 Å². The molecule has 0 unspecified atom stereocenters. The van der Waals surface area contributed by atoms with E-state index in [1.165, 1.54) is 25.6 Å². The Hall–Kier alpha value is -2.08. The van der Waals surface area contributed by atoms with Gasteiger partial charge in [-0.15, -0.1) is 0 Å². The van der Waals surface area contributed by atoms with Gasteiger partial charge in [-0.1, -0.05) is 11.6 Å². The molecule has 0 aliphatic rings. The second-order valence-corrected chi connectivity index (χ2v) is 4.11. The van der Waals surface area contributed by atoms with Crippen molar-refractivity contribution in [1.82, 2.24) is 9.97 Å². The molecule has 20 heavy (non-hydrogen) atoms. The van der Waals surface area contributed by atoms with Gasteiger partial charge < -0.3 is 14.8 Å². The van der Waals surface area contributed by atoms with Crippen LogP contribution in [-0.2, 0) is 0 Å². The normalized spacial score (nSPS) is 10.2. The summed E-state index contributed by atoms with van der Waals surface area (Å²) in [4.78, 5) is 7.81. The van der Waals surface area contributed by atoms with Crippen LogP contribution in [0.3, 0.4) is 0 Å². The third-order valence-corrected chi connectivity index (χ3v) is 2.73. The molecule has 0 spiro atoms. The Morgan fingerprint density at radius 3 is 2.80 bits per heavy atom. The molecule has 0 saturated heterocycles. The number of nitrogens with zero attached hydrogens (tertiary/aromatic N) is 2. The molecule has 0 amide bonds. The number of hydrogen-bond acceptors (Lipinski definition) is 5. The van der Waals surface area contributed by atoms with Gasteiger partial charge in [0.2, 0.25) is 0 Å². The fourth-order valence-corrected chi connectivity index (χ4v) is 1.82. The molecule has 2 aromatic rings. The summed E-state index contributed by atoms with van der Waals surface area (Å²) in [6.45, 7) is 2.19. The van der Waals surface area contributed by atoms with E-state index in [9.17, 15) is 4.39 Å². The van der Waals surface area contributed by atoms with Gasteiger partial charge >= 0.3 is 0 Å². The molecule has 0 fully saturated rings. The Morgan fingerprint density at radius 1 is 1.35 bits per heavy atom. The van der Waals surface area contributed by atoms with Crippen LogP contribution in [0.1, 0.15) is 6.92 Å². The number of hydrogen-bond donors (Lipinski definition) is 1. The highest BCUT2D eigenvalue weighted by atomic mass is 35.5. The fourth-order valence-electron chi connectivity index (χ4n) is 1.61. The minimum absolute atomic E-state index is 0.177. The lowest BCUT2D eigenvalue weighted by Gasteiger charge is -2.11. The standard InChI is InChI=1S/C13H13ClFN3O2/c1-3-20-10-5-4-8(6-9(10)15)18-13-11(19-2)12(14)16-7-17-13/h4-7H,3H2,1-2H3,(H,16,17,18). The number of anilines is 2. The summed E-state index contributed by atoms with van der Waals surface area (Å²) in [6.07, 6.45) is 1.29. The minimum Gasteiger partial charge on any atom is -0.491 e. The van der Waals surface area contributed by atoms with Gasteiger partial charge in [-0.3, -0.25) is 0 Å². The summed E-state index contributed by atoms with van der Waals surface area (Å²) in [6, 6.07) is 4.51. The molecule has 1 aromatic heterocycles.